The molecule has 2 aliphatic rings. The molecule has 2 heterocycles. The van der Waals surface area contributed by atoms with E-state index in [9.17, 15) is 5.11 Å². The van der Waals surface area contributed by atoms with E-state index in [0.29, 0.717) is 11.4 Å². The zero-order valence-electron chi connectivity index (χ0n) is 15.5. The molecule has 3 aromatic carbocycles. The van der Waals surface area contributed by atoms with Crippen molar-refractivity contribution < 1.29 is 14.6 Å². The fourth-order valence-electron chi connectivity index (χ4n) is 3.79. The number of nitrogens with one attached hydrogen (secondary N) is 1. The number of fused-ring (bicyclic) bond motifs is 1. The summed E-state index contributed by atoms with van der Waals surface area (Å²) in [6.45, 7) is 0.235. The van der Waals surface area contributed by atoms with Crippen molar-refractivity contribution in [1.29, 1.82) is 0 Å². The van der Waals surface area contributed by atoms with Crippen LogP contribution in [0.1, 0.15) is 35.3 Å². The van der Waals surface area contributed by atoms with Gasteiger partial charge in [0.05, 0.1) is 0 Å². The van der Waals surface area contributed by atoms with Crippen molar-refractivity contribution in [3.8, 4) is 17.2 Å². The van der Waals surface area contributed by atoms with Gasteiger partial charge in [-0.3, -0.25) is 10.3 Å². The Hall–Kier alpha value is -3.02. The fraction of sp³-hybridized carbons (Fsp3) is 0.174. The molecule has 0 saturated carbocycles. The van der Waals surface area contributed by atoms with Gasteiger partial charge in [0.2, 0.25) is 6.79 Å². The molecule has 0 aromatic heterocycles. The third-order valence-electron chi connectivity index (χ3n) is 5.22. The van der Waals surface area contributed by atoms with E-state index in [1.807, 2.05) is 60.7 Å². The van der Waals surface area contributed by atoms with Gasteiger partial charge in [-0.1, -0.05) is 41.9 Å². The minimum atomic E-state index is -0.285. The second kappa shape index (κ2) is 7.43. The predicted octanol–water partition coefficient (Wildman–Crippen LogP) is 5.00. The lowest BCUT2D eigenvalue weighted by atomic mass is 9.93. The number of phenolic OH excluding ortho intramolecular Hbond substituents is 1. The molecule has 6 heteroatoms. The van der Waals surface area contributed by atoms with Crippen LogP contribution in [0.15, 0.2) is 71.7 Å². The summed E-state index contributed by atoms with van der Waals surface area (Å²) in [6, 6.07) is 20.8. The Morgan fingerprint density at radius 1 is 0.966 bits per heavy atom. The second-order valence-electron chi connectivity index (χ2n) is 7.08. The van der Waals surface area contributed by atoms with Crippen LogP contribution in [0.5, 0.6) is 17.2 Å². The zero-order valence-corrected chi connectivity index (χ0v) is 16.3. The van der Waals surface area contributed by atoms with Gasteiger partial charge < -0.3 is 14.6 Å². The first-order chi connectivity index (χ1) is 14.2. The van der Waals surface area contributed by atoms with Crippen LogP contribution in [-0.2, 0) is 0 Å². The molecule has 5 nitrogen and oxygen atoms in total. The molecule has 0 unspecified atom stereocenters. The van der Waals surface area contributed by atoms with Gasteiger partial charge in [0.25, 0.3) is 0 Å². The molecule has 29 heavy (non-hydrogen) atoms. The molecule has 0 fully saturated rings. The van der Waals surface area contributed by atoms with Gasteiger partial charge in [0.1, 0.15) is 11.9 Å². The summed E-state index contributed by atoms with van der Waals surface area (Å²) in [5.74, 6) is 1.73. The summed E-state index contributed by atoms with van der Waals surface area (Å²) >= 11 is 6.21. The van der Waals surface area contributed by atoms with Gasteiger partial charge in [-0.2, -0.15) is 0 Å². The first-order valence-electron chi connectivity index (χ1n) is 9.43. The first kappa shape index (κ1) is 18.0. The molecule has 0 aliphatic carbocycles. The van der Waals surface area contributed by atoms with E-state index in [0.717, 1.165) is 33.9 Å². The van der Waals surface area contributed by atoms with Crippen molar-refractivity contribution >= 4 is 17.3 Å². The first-order valence-corrected chi connectivity index (χ1v) is 9.81. The van der Waals surface area contributed by atoms with Crippen LogP contribution >= 0.6 is 11.6 Å². The molecule has 146 valence electrons. The van der Waals surface area contributed by atoms with Crippen molar-refractivity contribution in [2.75, 3.05) is 6.79 Å². The Balaban J connectivity index is 1.57. The van der Waals surface area contributed by atoms with Crippen molar-refractivity contribution in [2.45, 2.75) is 18.6 Å². The molecule has 0 saturated heterocycles. The third-order valence-corrected chi connectivity index (χ3v) is 5.46. The Kier molecular flexibility index (Phi) is 4.62. The molecule has 0 spiro atoms. The number of ether oxygens (including phenoxy) is 2. The molecule has 2 N–H and O–H groups in total. The Morgan fingerprint density at radius 2 is 1.83 bits per heavy atom. The number of para-hydroxylation sites is 1. The Bertz CT molecular complexity index is 1100. The number of aromatic hydroxyl groups is 1. The van der Waals surface area contributed by atoms with E-state index in [4.69, 9.17) is 26.1 Å². The van der Waals surface area contributed by atoms with E-state index < -0.39 is 0 Å². The summed E-state index contributed by atoms with van der Waals surface area (Å²) in [7, 11) is 0. The van der Waals surface area contributed by atoms with Gasteiger partial charge >= 0.3 is 0 Å². The van der Waals surface area contributed by atoms with Crippen LogP contribution in [0.2, 0.25) is 5.02 Å². The number of nitrogens with zero attached hydrogens (tertiary/aromatic N) is 1. The lowest BCUT2D eigenvalue weighted by molar-refractivity contribution is 0.174. The third kappa shape index (κ3) is 3.55. The van der Waals surface area contributed by atoms with Gasteiger partial charge in [-0.25, -0.2) is 0 Å². The Morgan fingerprint density at radius 3 is 2.69 bits per heavy atom. The smallest absolute Gasteiger partial charge is 0.231 e. The standard InChI is InChI=1S/C23H19ClN2O3/c24-16-5-3-4-15(10-16)23-25-18(14-8-9-21-22(11-14)29-13-28-21)12-19(26-23)17-6-1-2-7-20(17)27/h1-11,19,23,26-27H,12-13H2/t19-,23+/m0/s1. The summed E-state index contributed by atoms with van der Waals surface area (Å²) in [4.78, 5) is 4.96. The lowest BCUT2D eigenvalue weighted by Gasteiger charge is -2.31. The highest BCUT2D eigenvalue weighted by Gasteiger charge is 2.28. The normalized spacial score (nSPS) is 20.4. The van der Waals surface area contributed by atoms with E-state index in [-0.39, 0.29) is 24.8 Å². The molecule has 0 bridgehead atoms. The van der Waals surface area contributed by atoms with Crippen LogP contribution in [0.25, 0.3) is 0 Å². The number of halogens is 1. The van der Waals surface area contributed by atoms with Crippen molar-refractivity contribution in [3.05, 3.63) is 88.4 Å². The minimum Gasteiger partial charge on any atom is -0.508 e. The van der Waals surface area contributed by atoms with Crippen molar-refractivity contribution in [1.82, 2.24) is 5.32 Å². The van der Waals surface area contributed by atoms with Crippen molar-refractivity contribution in [2.24, 2.45) is 4.99 Å². The zero-order chi connectivity index (χ0) is 19.8. The largest absolute Gasteiger partial charge is 0.508 e. The topological polar surface area (TPSA) is 63.1 Å². The van der Waals surface area contributed by atoms with Crippen LogP contribution in [-0.4, -0.2) is 17.6 Å². The number of hydrogen-bond donors (Lipinski definition) is 2. The molecular weight excluding hydrogens is 388 g/mol. The van der Waals surface area contributed by atoms with Gasteiger partial charge in [0, 0.05) is 28.8 Å². The van der Waals surface area contributed by atoms with E-state index >= 15 is 0 Å². The Labute approximate surface area is 173 Å². The molecule has 0 radical (unpaired) electrons. The summed E-state index contributed by atoms with van der Waals surface area (Å²) in [5.41, 5.74) is 3.71. The maximum Gasteiger partial charge on any atom is 0.231 e. The highest BCUT2D eigenvalue weighted by Crippen LogP contribution is 2.37. The van der Waals surface area contributed by atoms with Gasteiger partial charge in [-0.05, 0) is 47.5 Å². The van der Waals surface area contributed by atoms with Crippen molar-refractivity contribution in [3.63, 3.8) is 0 Å². The number of phenols is 1. The predicted molar refractivity (Wildman–Crippen MR) is 112 cm³/mol. The van der Waals surface area contributed by atoms with E-state index in [2.05, 4.69) is 5.32 Å². The van der Waals surface area contributed by atoms with Crippen LogP contribution in [0, 0.1) is 0 Å². The average Bonchev–Trinajstić information content (AvgIpc) is 3.22. The lowest BCUT2D eigenvalue weighted by Crippen LogP contribution is -2.33. The maximum absolute atomic E-state index is 10.4. The summed E-state index contributed by atoms with van der Waals surface area (Å²) in [5, 5.41) is 14.6. The fourth-order valence-corrected chi connectivity index (χ4v) is 3.99. The molecular formula is C23H19ClN2O3. The minimum absolute atomic E-state index is 0.0990. The van der Waals surface area contributed by atoms with Crippen LogP contribution in [0.3, 0.4) is 0 Å². The summed E-state index contributed by atoms with van der Waals surface area (Å²) in [6.07, 6.45) is 0.348. The molecule has 2 aliphatic heterocycles. The average molecular weight is 407 g/mol. The monoisotopic (exact) mass is 406 g/mol. The quantitative estimate of drug-likeness (QED) is 0.642. The molecule has 3 aromatic rings. The SMILES string of the molecule is Oc1ccccc1[C@@H]1CC(c2ccc3c(c2)OCO3)=N[C@@H](c2cccc(Cl)c2)N1. The van der Waals surface area contributed by atoms with Gasteiger partial charge in [0.15, 0.2) is 11.5 Å². The molecule has 2 atom stereocenters. The number of rotatable bonds is 3. The molecule has 0 amide bonds. The van der Waals surface area contributed by atoms with E-state index in [1.54, 1.807) is 6.07 Å². The van der Waals surface area contributed by atoms with Crippen LogP contribution in [0.4, 0.5) is 0 Å². The highest BCUT2D eigenvalue weighted by molar-refractivity contribution is 6.30. The van der Waals surface area contributed by atoms with Crippen LogP contribution < -0.4 is 14.8 Å². The number of hydrogen-bond acceptors (Lipinski definition) is 5. The van der Waals surface area contributed by atoms with E-state index in [1.165, 1.54) is 0 Å². The maximum atomic E-state index is 10.4. The summed E-state index contributed by atoms with van der Waals surface area (Å²) < 4.78 is 11.0. The number of benzene rings is 3. The highest BCUT2D eigenvalue weighted by atomic mass is 35.5. The number of aliphatic imine (C=N–C) groups is 1. The van der Waals surface area contributed by atoms with Gasteiger partial charge in [-0.15, -0.1) is 0 Å². The molecule has 5 rings (SSSR count). The second-order valence-corrected chi connectivity index (χ2v) is 7.52.